The highest BCUT2D eigenvalue weighted by atomic mass is 35.5. The average molecular weight is 431 g/mol. The fraction of sp³-hybridized carbons (Fsp3) is 0.190. The quantitative estimate of drug-likeness (QED) is 0.659. The number of nitrogens with zero attached hydrogens (tertiary/aromatic N) is 1. The van der Waals surface area contributed by atoms with Gasteiger partial charge in [-0.25, -0.2) is 0 Å². The SMILES string of the molecule is O=C(CN1C(=O)S/C(=C\c2ccc(Cl)cc2)C1=O)N[C@H](CO)Cc1ccccc1. The van der Waals surface area contributed by atoms with Crippen LogP contribution in [0, 0.1) is 0 Å². The molecule has 29 heavy (non-hydrogen) atoms. The molecule has 0 bridgehead atoms. The van der Waals surface area contributed by atoms with E-state index in [1.165, 1.54) is 0 Å². The Balaban J connectivity index is 1.61. The van der Waals surface area contributed by atoms with Gasteiger partial charge in [0.2, 0.25) is 5.91 Å². The number of benzene rings is 2. The number of halogens is 1. The van der Waals surface area contributed by atoms with Crippen molar-refractivity contribution in [2.75, 3.05) is 13.2 Å². The van der Waals surface area contributed by atoms with E-state index in [2.05, 4.69) is 5.32 Å². The summed E-state index contributed by atoms with van der Waals surface area (Å²) in [6.07, 6.45) is 2.03. The second kappa shape index (κ2) is 9.73. The first-order valence-corrected chi connectivity index (χ1v) is 10.1. The predicted octanol–water partition coefficient (Wildman–Crippen LogP) is 3.10. The van der Waals surface area contributed by atoms with Gasteiger partial charge in [0.1, 0.15) is 6.54 Å². The van der Waals surface area contributed by atoms with Gasteiger partial charge in [0.25, 0.3) is 11.1 Å². The highest BCUT2D eigenvalue weighted by molar-refractivity contribution is 8.18. The van der Waals surface area contributed by atoms with Gasteiger partial charge in [-0.15, -0.1) is 0 Å². The Bertz CT molecular complexity index is 931. The Labute approximate surface area is 177 Å². The molecule has 1 saturated heterocycles. The van der Waals surface area contributed by atoms with Gasteiger partial charge in [0.15, 0.2) is 0 Å². The maximum atomic E-state index is 12.5. The highest BCUT2D eigenvalue weighted by Gasteiger charge is 2.36. The van der Waals surface area contributed by atoms with Crippen LogP contribution in [0.15, 0.2) is 59.5 Å². The maximum Gasteiger partial charge on any atom is 0.294 e. The molecule has 0 saturated carbocycles. The van der Waals surface area contributed by atoms with Crippen molar-refractivity contribution in [2.24, 2.45) is 0 Å². The number of nitrogens with one attached hydrogen (secondary N) is 1. The lowest BCUT2D eigenvalue weighted by Crippen LogP contribution is -2.45. The van der Waals surface area contributed by atoms with Crippen molar-refractivity contribution < 1.29 is 19.5 Å². The molecule has 1 aliphatic rings. The first-order valence-electron chi connectivity index (χ1n) is 8.91. The minimum Gasteiger partial charge on any atom is -0.394 e. The van der Waals surface area contributed by atoms with Crippen LogP contribution in [0.5, 0.6) is 0 Å². The minimum atomic E-state index is -0.520. The second-order valence-corrected chi connectivity index (χ2v) is 7.89. The van der Waals surface area contributed by atoms with Gasteiger partial charge in [0.05, 0.1) is 17.6 Å². The van der Waals surface area contributed by atoms with Crippen molar-refractivity contribution in [3.05, 3.63) is 75.7 Å². The number of aliphatic hydroxyl groups is 1. The summed E-state index contributed by atoms with van der Waals surface area (Å²) in [4.78, 5) is 38.2. The van der Waals surface area contributed by atoms with E-state index >= 15 is 0 Å². The number of rotatable bonds is 7. The number of hydrogen-bond acceptors (Lipinski definition) is 5. The molecule has 1 aliphatic heterocycles. The molecule has 8 heteroatoms. The van der Waals surface area contributed by atoms with Gasteiger partial charge in [0, 0.05) is 5.02 Å². The Morgan fingerprint density at radius 3 is 2.48 bits per heavy atom. The van der Waals surface area contributed by atoms with E-state index in [0.717, 1.165) is 27.8 Å². The molecular formula is C21H19ClN2O4S. The predicted molar refractivity (Wildman–Crippen MR) is 113 cm³/mol. The van der Waals surface area contributed by atoms with Crippen LogP contribution in [-0.2, 0) is 16.0 Å². The summed E-state index contributed by atoms with van der Waals surface area (Å²) in [6, 6.07) is 15.8. The molecule has 2 aromatic carbocycles. The van der Waals surface area contributed by atoms with Crippen molar-refractivity contribution in [3.63, 3.8) is 0 Å². The summed E-state index contributed by atoms with van der Waals surface area (Å²) in [5.74, 6) is -1.02. The zero-order valence-electron chi connectivity index (χ0n) is 15.4. The molecule has 3 amide bonds. The Morgan fingerprint density at radius 2 is 1.83 bits per heavy atom. The molecule has 0 aliphatic carbocycles. The third-order valence-electron chi connectivity index (χ3n) is 4.25. The van der Waals surface area contributed by atoms with Crippen molar-refractivity contribution in [1.29, 1.82) is 0 Å². The fourth-order valence-corrected chi connectivity index (χ4v) is 3.79. The number of thioether (sulfide) groups is 1. The maximum absolute atomic E-state index is 12.5. The third-order valence-corrected chi connectivity index (χ3v) is 5.41. The molecule has 2 N–H and O–H groups in total. The number of imide groups is 1. The Morgan fingerprint density at radius 1 is 1.14 bits per heavy atom. The number of amides is 3. The molecule has 0 spiro atoms. The molecule has 1 heterocycles. The number of carbonyl (C=O) groups excluding carboxylic acids is 3. The van der Waals surface area contributed by atoms with Crippen LogP contribution in [0.25, 0.3) is 6.08 Å². The van der Waals surface area contributed by atoms with Crippen molar-refractivity contribution >= 4 is 46.5 Å². The molecular weight excluding hydrogens is 412 g/mol. The van der Waals surface area contributed by atoms with Crippen LogP contribution in [-0.4, -0.2) is 46.3 Å². The number of hydrogen-bond donors (Lipinski definition) is 2. The van der Waals surface area contributed by atoms with Crippen LogP contribution in [0.1, 0.15) is 11.1 Å². The summed E-state index contributed by atoms with van der Waals surface area (Å²) in [7, 11) is 0. The highest BCUT2D eigenvalue weighted by Crippen LogP contribution is 2.32. The molecule has 2 aromatic rings. The summed E-state index contributed by atoms with van der Waals surface area (Å²) >= 11 is 6.63. The van der Waals surface area contributed by atoms with Crippen LogP contribution < -0.4 is 5.32 Å². The lowest BCUT2D eigenvalue weighted by atomic mass is 10.1. The van der Waals surface area contributed by atoms with Gasteiger partial charge >= 0.3 is 0 Å². The smallest absolute Gasteiger partial charge is 0.294 e. The van der Waals surface area contributed by atoms with Crippen LogP contribution >= 0.6 is 23.4 Å². The van der Waals surface area contributed by atoms with E-state index < -0.39 is 29.6 Å². The van der Waals surface area contributed by atoms with E-state index in [9.17, 15) is 19.5 Å². The minimum absolute atomic E-state index is 0.244. The van der Waals surface area contributed by atoms with Crippen LogP contribution in [0.4, 0.5) is 4.79 Å². The standard InChI is InChI=1S/C21H19ClN2O4S/c22-16-8-6-15(7-9-16)11-18-20(27)24(21(28)29-18)12-19(26)23-17(13-25)10-14-4-2-1-3-5-14/h1-9,11,17,25H,10,12-13H2,(H,23,26)/b18-11-/t17-/m0/s1. The summed E-state index contributed by atoms with van der Waals surface area (Å²) < 4.78 is 0. The van der Waals surface area contributed by atoms with Crippen molar-refractivity contribution in [2.45, 2.75) is 12.5 Å². The summed E-state index contributed by atoms with van der Waals surface area (Å²) in [5, 5.41) is 12.3. The molecule has 3 rings (SSSR count). The molecule has 0 radical (unpaired) electrons. The Hall–Kier alpha value is -2.61. The number of aliphatic hydroxyl groups excluding tert-OH is 1. The second-order valence-electron chi connectivity index (χ2n) is 6.46. The monoisotopic (exact) mass is 430 g/mol. The molecule has 1 fully saturated rings. The largest absolute Gasteiger partial charge is 0.394 e. The molecule has 0 unspecified atom stereocenters. The van der Waals surface area contributed by atoms with E-state index in [0.29, 0.717) is 11.4 Å². The molecule has 0 aromatic heterocycles. The molecule has 1 atom stereocenters. The molecule has 150 valence electrons. The topological polar surface area (TPSA) is 86.7 Å². The lowest BCUT2D eigenvalue weighted by molar-refractivity contribution is -0.129. The van der Waals surface area contributed by atoms with Crippen LogP contribution in [0.3, 0.4) is 0 Å². The summed E-state index contributed by atoms with van der Waals surface area (Å²) in [6.45, 7) is -0.646. The first-order chi connectivity index (χ1) is 14.0. The summed E-state index contributed by atoms with van der Waals surface area (Å²) in [5.41, 5.74) is 1.69. The van der Waals surface area contributed by atoms with Crippen molar-refractivity contribution in [3.8, 4) is 0 Å². The third kappa shape index (κ3) is 5.69. The van der Waals surface area contributed by atoms with E-state index in [4.69, 9.17) is 11.6 Å². The van der Waals surface area contributed by atoms with Gasteiger partial charge in [-0.1, -0.05) is 54.1 Å². The van der Waals surface area contributed by atoms with Gasteiger partial charge in [-0.2, -0.15) is 0 Å². The zero-order chi connectivity index (χ0) is 20.8. The van der Waals surface area contributed by atoms with E-state index in [1.807, 2.05) is 30.3 Å². The number of carbonyl (C=O) groups is 3. The molecule has 6 nitrogen and oxygen atoms in total. The normalized spacial score (nSPS) is 16.3. The van der Waals surface area contributed by atoms with E-state index in [-0.39, 0.29) is 11.5 Å². The van der Waals surface area contributed by atoms with Crippen LogP contribution in [0.2, 0.25) is 5.02 Å². The van der Waals surface area contributed by atoms with Gasteiger partial charge in [-0.3, -0.25) is 19.3 Å². The first kappa shape index (κ1) is 21.1. The van der Waals surface area contributed by atoms with E-state index in [1.54, 1.807) is 30.3 Å². The zero-order valence-corrected chi connectivity index (χ0v) is 16.9. The van der Waals surface area contributed by atoms with Gasteiger partial charge < -0.3 is 10.4 Å². The Kier molecular flexibility index (Phi) is 7.09. The van der Waals surface area contributed by atoms with Gasteiger partial charge in [-0.05, 0) is 47.5 Å². The lowest BCUT2D eigenvalue weighted by Gasteiger charge is -2.18. The average Bonchev–Trinajstić information content (AvgIpc) is 2.97. The fourth-order valence-electron chi connectivity index (χ4n) is 2.82. The van der Waals surface area contributed by atoms with Crippen molar-refractivity contribution in [1.82, 2.24) is 10.2 Å².